The van der Waals surface area contributed by atoms with E-state index in [1.165, 1.54) is 42.5 Å². The number of nitrogens with two attached hydrogens (primary N) is 1. The number of guanidine groups is 1. The summed E-state index contributed by atoms with van der Waals surface area (Å²) >= 11 is 0. The van der Waals surface area contributed by atoms with Crippen LogP contribution < -0.4 is 10.6 Å². The summed E-state index contributed by atoms with van der Waals surface area (Å²) in [6.45, 7) is 5.17. The van der Waals surface area contributed by atoms with Crippen LogP contribution in [0.1, 0.15) is 48.8 Å². The van der Waals surface area contributed by atoms with Crippen molar-refractivity contribution in [3.05, 3.63) is 53.2 Å². The number of benzene rings is 1. The van der Waals surface area contributed by atoms with E-state index in [0.717, 1.165) is 0 Å². The van der Waals surface area contributed by atoms with Gasteiger partial charge in [0.15, 0.2) is 11.7 Å². The van der Waals surface area contributed by atoms with E-state index >= 15 is 0 Å². The maximum Gasteiger partial charge on any atom is 0.267 e. The molecule has 1 atom stereocenters. The lowest BCUT2D eigenvalue weighted by Crippen LogP contribution is -2.47. The number of amides is 1. The number of halogens is 1. The molecule has 2 N–H and O–H groups in total. The fourth-order valence-corrected chi connectivity index (χ4v) is 3.08. The molecule has 1 aromatic carbocycles. The van der Waals surface area contributed by atoms with Crippen molar-refractivity contribution in [1.29, 1.82) is 0 Å². The molecule has 10 heteroatoms. The molecule has 1 unspecified atom stereocenters. The Kier molecular flexibility index (Phi) is 6.09. The number of ketones is 1. The van der Waals surface area contributed by atoms with Gasteiger partial charge in [-0.1, -0.05) is 11.2 Å². The second-order valence-corrected chi connectivity index (χ2v) is 7.66. The van der Waals surface area contributed by atoms with Crippen molar-refractivity contribution in [1.82, 2.24) is 14.9 Å². The fraction of sp³-hybridized carbons (Fsp3) is 0.333. The minimum atomic E-state index is -1.16. The molecule has 0 bridgehead atoms. The quantitative estimate of drug-likeness (QED) is 0.429. The molecule has 0 fully saturated rings. The highest BCUT2D eigenvalue weighted by atomic mass is 19.1. The minimum Gasteiger partial charge on any atom is -0.369 e. The van der Waals surface area contributed by atoms with Gasteiger partial charge >= 0.3 is 0 Å². The average molecular weight is 426 g/mol. The van der Waals surface area contributed by atoms with Gasteiger partial charge in [0, 0.05) is 19.0 Å². The zero-order valence-electron chi connectivity index (χ0n) is 17.7. The molecule has 0 radical (unpaired) electrons. The second kappa shape index (κ2) is 8.58. The third kappa shape index (κ3) is 4.90. The number of rotatable bonds is 6. The summed E-state index contributed by atoms with van der Waals surface area (Å²) in [6.07, 6.45) is 2.53. The van der Waals surface area contributed by atoms with Gasteiger partial charge < -0.3 is 10.6 Å². The van der Waals surface area contributed by atoms with Crippen LogP contribution in [0, 0.1) is 5.82 Å². The number of carbonyl (C=O) groups excluding carboxylic acids is 2. The first-order valence-electron chi connectivity index (χ1n) is 9.53. The number of aromatic nitrogens is 2. The first kappa shape index (κ1) is 22.0. The van der Waals surface area contributed by atoms with E-state index in [4.69, 9.17) is 10.6 Å². The molecule has 3 rings (SSSR count). The lowest BCUT2D eigenvalue weighted by atomic mass is 9.85. The Morgan fingerprint density at radius 1 is 1.32 bits per heavy atom. The van der Waals surface area contributed by atoms with E-state index in [-0.39, 0.29) is 47.6 Å². The molecule has 2 aromatic rings. The highest BCUT2D eigenvalue weighted by molar-refractivity contribution is 5.99. The summed E-state index contributed by atoms with van der Waals surface area (Å²) in [5, 5.41) is 3.77. The van der Waals surface area contributed by atoms with Crippen molar-refractivity contribution in [2.24, 2.45) is 15.9 Å². The highest BCUT2D eigenvalue weighted by Gasteiger charge is 2.38. The van der Waals surface area contributed by atoms with Crippen LogP contribution in [0.3, 0.4) is 0 Å². The second-order valence-electron chi connectivity index (χ2n) is 7.66. The third-order valence-corrected chi connectivity index (χ3v) is 4.79. The SMILES string of the molecule is CC(C)=NOc1cnc(C(=O)Cc2ccc(F)c(C3(C)CC(=O)N(C)C(N)=N3)c2)cn1. The first-order valence-corrected chi connectivity index (χ1v) is 9.53. The average Bonchev–Trinajstić information content (AvgIpc) is 2.72. The van der Waals surface area contributed by atoms with Gasteiger partial charge in [-0.2, -0.15) is 0 Å². The van der Waals surface area contributed by atoms with Crippen molar-refractivity contribution in [2.75, 3.05) is 7.05 Å². The van der Waals surface area contributed by atoms with Gasteiger partial charge in [-0.3, -0.25) is 14.5 Å². The third-order valence-electron chi connectivity index (χ3n) is 4.79. The number of nitrogens with zero attached hydrogens (tertiary/aromatic N) is 5. The van der Waals surface area contributed by atoms with Crippen LogP contribution in [0.5, 0.6) is 5.88 Å². The molecule has 1 aliphatic heterocycles. The van der Waals surface area contributed by atoms with Gasteiger partial charge in [0.25, 0.3) is 5.88 Å². The van der Waals surface area contributed by atoms with E-state index in [1.807, 2.05) is 0 Å². The minimum absolute atomic E-state index is 0.0137. The molecule has 0 saturated heterocycles. The van der Waals surface area contributed by atoms with Crippen molar-refractivity contribution >= 4 is 23.4 Å². The van der Waals surface area contributed by atoms with Crippen LogP contribution in [0.25, 0.3) is 0 Å². The summed E-state index contributed by atoms with van der Waals surface area (Å²) < 4.78 is 14.6. The smallest absolute Gasteiger partial charge is 0.267 e. The number of carbonyl (C=O) groups is 2. The summed E-state index contributed by atoms with van der Waals surface area (Å²) in [4.78, 5) is 43.5. The predicted molar refractivity (Wildman–Crippen MR) is 112 cm³/mol. The maximum absolute atomic E-state index is 14.6. The predicted octanol–water partition coefficient (Wildman–Crippen LogP) is 2.21. The number of Topliss-reactive ketones (excluding diaryl/α,β-unsaturated/α-hetero) is 1. The molecule has 1 aliphatic rings. The molecule has 0 saturated carbocycles. The molecule has 1 aromatic heterocycles. The molecule has 0 aliphatic carbocycles. The lowest BCUT2D eigenvalue weighted by molar-refractivity contribution is -0.128. The Balaban J connectivity index is 1.81. The van der Waals surface area contributed by atoms with Gasteiger partial charge in [0.1, 0.15) is 11.5 Å². The zero-order valence-corrected chi connectivity index (χ0v) is 17.7. The number of hydrogen-bond acceptors (Lipinski definition) is 8. The number of oxime groups is 1. The van der Waals surface area contributed by atoms with Crippen LogP contribution in [-0.2, 0) is 16.8 Å². The van der Waals surface area contributed by atoms with Gasteiger partial charge in [-0.25, -0.2) is 19.4 Å². The Hall–Kier alpha value is -3.69. The van der Waals surface area contributed by atoms with Gasteiger partial charge in [-0.15, -0.1) is 0 Å². The van der Waals surface area contributed by atoms with Crippen LogP contribution in [0.2, 0.25) is 0 Å². The van der Waals surface area contributed by atoms with Crippen LogP contribution in [0.4, 0.5) is 4.39 Å². The lowest BCUT2D eigenvalue weighted by Gasteiger charge is -2.34. The maximum atomic E-state index is 14.6. The topological polar surface area (TPSA) is 123 Å². The van der Waals surface area contributed by atoms with Crippen molar-refractivity contribution in [3.63, 3.8) is 0 Å². The standard InChI is InChI=1S/C21H23FN6O3/c1-12(2)27-31-18-11-24-16(10-25-18)17(29)8-13-5-6-15(22)14(7-13)21(3)9-19(30)28(4)20(23)26-21/h5-7,10-11H,8-9H2,1-4H3,(H2,23,26). The molecule has 1 amide bonds. The Bertz CT molecular complexity index is 1080. The largest absolute Gasteiger partial charge is 0.369 e. The van der Waals surface area contributed by atoms with Crippen LogP contribution >= 0.6 is 0 Å². The number of hydrogen-bond donors (Lipinski definition) is 1. The molecule has 31 heavy (non-hydrogen) atoms. The molecule has 9 nitrogen and oxygen atoms in total. The van der Waals surface area contributed by atoms with E-state index in [1.54, 1.807) is 20.8 Å². The van der Waals surface area contributed by atoms with Crippen molar-refractivity contribution in [2.45, 2.75) is 39.2 Å². The molecule has 162 valence electrons. The van der Waals surface area contributed by atoms with Crippen LogP contribution in [-0.4, -0.2) is 45.3 Å². The van der Waals surface area contributed by atoms with Crippen molar-refractivity contribution in [3.8, 4) is 5.88 Å². The Morgan fingerprint density at radius 3 is 2.68 bits per heavy atom. The molecule has 2 heterocycles. The van der Waals surface area contributed by atoms with E-state index in [9.17, 15) is 14.0 Å². The Labute approximate surface area is 178 Å². The molecule has 0 spiro atoms. The summed E-state index contributed by atoms with van der Waals surface area (Å²) in [6, 6.07) is 4.30. The normalized spacial score (nSPS) is 18.4. The van der Waals surface area contributed by atoms with Gasteiger partial charge in [0.05, 0.1) is 30.1 Å². The zero-order chi connectivity index (χ0) is 22.8. The molecular weight excluding hydrogens is 403 g/mol. The fourth-order valence-electron chi connectivity index (χ4n) is 3.08. The summed E-state index contributed by atoms with van der Waals surface area (Å²) in [5.74, 6) is -0.923. The van der Waals surface area contributed by atoms with Gasteiger partial charge in [-0.05, 0) is 38.5 Å². The van der Waals surface area contributed by atoms with Gasteiger partial charge in [0.2, 0.25) is 5.91 Å². The summed E-state index contributed by atoms with van der Waals surface area (Å²) in [7, 11) is 1.51. The van der Waals surface area contributed by atoms with Crippen LogP contribution in [0.15, 0.2) is 40.7 Å². The van der Waals surface area contributed by atoms with E-state index in [2.05, 4.69) is 20.1 Å². The molecular formula is C21H23FN6O3. The Morgan fingerprint density at radius 2 is 2.06 bits per heavy atom. The monoisotopic (exact) mass is 426 g/mol. The van der Waals surface area contributed by atoms with Crippen molar-refractivity contribution < 1.29 is 18.8 Å². The first-order chi connectivity index (χ1) is 14.6. The van der Waals surface area contributed by atoms with E-state index in [0.29, 0.717) is 11.3 Å². The summed E-state index contributed by atoms with van der Waals surface area (Å²) in [5.41, 5.74) is 6.26. The highest BCUT2D eigenvalue weighted by Crippen LogP contribution is 2.35. The number of aliphatic imine (C=N–C) groups is 1. The van der Waals surface area contributed by atoms with E-state index < -0.39 is 11.4 Å².